The van der Waals surface area contributed by atoms with Crippen molar-refractivity contribution in [3.8, 4) is 17.2 Å². The van der Waals surface area contributed by atoms with Crippen molar-refractivity contribution in [1.82, 2.24) is 10.2 Å². The molecule has 0 saturated carbocycles. The van der Waals surface area contributed by atoms with Crippen LogP contribution in [-0.2, 0) is 15.1 Å². The first-order valence-electron chi connectivity index (χ1n) is 10.5. The first-order chi connectivity index (χ1) is 16.0. The van der Waals surface area contributed by atoms with Gasteiger partial charge in [0.1, 0.15) is 23.8 Å². The topological polar surface area (TPSA) is 97.0 Å². The van der Waals surface area contributed by atoms with E-state index in [0.29, 0.717) is 41.5 Å². The molecular weight excluding hydrogens is 422 g/mol. The molecule has 0 radical (unpaired) electrons. The number of nitrogens with one attached hydrogen (secondary N) is 2. The molecule has 2 aliphatic rings. The predicted octanol–water partition coefficient (Wildman–Crippen LogP) is 3.65. The van der Waals surface area contributed by atoms with Crippen LogP contribution in [0, 0.1) is 0 Å². The highest BCUT2D eigenvalue weighted by Gasteiger charge is 2.55. The van der Waals surface area contributed by atoms with Crippen molar-refractivity contribution in [2.75, 3.05) is 18.5 Å². The number of anilines is 1. The molecule has 0 bridgehead atoms. The van der Waals surface area contributed by atoms with Gasteiger partial charge in [-0.05, 0) is 42.5 Å². The van der Waals surface area contributed by atoms with Gasteiger partial charge in [0, 0.05) is 17.7 Å². The lowest BCUT2D eigenvalue weighted by Gasteiger charge is -2.33. The van der Waals surface area contributed by atoms with Gasteiger partial charge in [0.15, 0.2) is 5.54 Å². The third-order valence-corrected chi connectivity index (χ3v) is 5.68. The molecule has 2 aliphatic heterocycles. The van der Waals surface area contributed by atoms with Crippen LogP contribution in [0.5, 0.6) is 17.2 Å². The van der Waals surface area contributed by atoms with E-state index in [2.05, 4.69) is 10.6 Å². The fourth-order valence-corrected chi connectivity index (χ4v) is 4.09. The van der Waals surface area contributed by atoms with Crippen LogP contribution >= 0.6 is 0 Å². The molecule has 0 aromatic heterocycles. The lowest BCUT2D eigenvalue weighted by atomic mass is 9.84. The maximum Gasteiger partial charge on any atom is 0.325 e. The average Bonchev–Trinajstić information content (AvgIpc) is 3.06. The third-order valence-electron chi connectivity index (χ3n) is 5.68. The van der Waals surface area contributed by atoms with Crippen LogP contribution in [0.15, 0.2) is 78.9 Å². The van der Waals surface area contributed by atoms with Crippen molar-refractivity contribution in [2.45, 2.75) is 12.0 Å². The summed E-state index contributed by atoms with van der Waals surface area (Å²) in [5.41, 5.74) is -0.0760. The van der Waals surface area contributed by atoms with Crippen LogP contribution in [0.2, 0.25) is 0 Å². The van der Waals surface area contributed by atoms with Gasteiger partial charge in [-0.15, -0.1) is 0 Å². The van der Waals surface area contributed by atoms with Gasteiger partial charge in [0.05, 0.1) is 6.61 Å². The number of rotatable bonds is 5. The molecule has 3 aromatic rings. The lowest BCUT2D eigenvalue weighted by Crippen LogP contribution is -2.48. The van der Waals surface area contributed by atoms with Crippen molar-refractivity contribution in [1.29, 1.82) is 0 Å². The van der Waals surface area contributed by atoms with Gasteiger partial charge in [-0.2, -0.15) is 0 Å². The maximum atomic E-state index is 13.3. The molecule has 0 aliphatic carbocycles. The Morgan fingerprint density at radius 2 is 1.67 bits per heavy atom. The van der Waals surface area contributed by atoms with Crippen LogP contribution in [0.4, 0.5) is 10.5 Å². The molecular formula is C25H21N3O5. The maximum absolute atomic E-state index is 13.3. The van der Waals surface area contributed by atoms with Crippen molar-refractivity contribution < 1.29 is 23.9 Å². The van der Waals surface area contributed by atoms with E-state index < -0.39 is 29.9 Å². The molecule has 1 saturated heterocycles. The van der Waals surface area contributed by atoms with Crippen molar-refractivity contribution >= 4 is 23.5 Å². The minimum Gasteiger partial charge on any atom is -0.493 e. The van der Waals surface area contributed by atoms with Gasteiger partial charge < -0.3 is 20.1 Å². The van der Waals surface area contributed by atoms with E-state index in [1.165, 1.54) is 0 Å². The summed E-state index contributed by atoms with van der Waals surface area (Å²) in [6.45, 7) is -0.0990. The van der Waals surface area contributed by atoms with Crippen molar-refractivity contribution in [3.05, 3.63) is 84.4 Å². The summed E-state index contributed by atoms with van der Waals surface area (Å²) in [6.07, 6.45) is 0.301. The Hall–Kier alpha value is -4.33. The summed E-state index contributed by atoms with van der Waals surface area (Å²) in [5.74, 6) is 0.948. The van der Waals surface area contributed by atoms with E-state index in [1.807, 2.05) is 30.3 Å². The monoisotopic (exact) mass is 443 g/mol. The second kappa shape index (κ2) is 8.31. The van der Waals surface area contributed by atoms with Gasteiger partial charge in [0.25, 0.3) is 5.91 Å². The molecule has 2 N–H and O–H groups in total. The minimum absolute atomic E-state index is 0.292. The standard InChI is InChI=1S/C25H21N3O5/c29-22(26-17-10-12-19(13-11-17)33-18-6-2-1-3-7-18)16-28-23(30)25(27-24(28)31)14-15-32-21-9-5-4-8-20(21)25/h1-13H,14-16H2,(H,26,29)(H,27,31). The summed E-state index contributed by atoms with van der Waals surface area (Å²) < 4.78 is 11.4. The number of carbonyl (C=O) groups is 3. The Labute approximate surface area is 190 Å². The Balaban J connectivity index is 1.25. The second-order valence-electron chi connectivity index (χ2n) is 7.81. The highest BCUT2D eigenvalue weighted by atomic mass is 16.5. The van der Waals surface area contributed by atoms with E-state index >= 15 is 0 Å². The first kappa shape index (κ1) is 20.6. The van der Waals surface area contributed by atoms with Gasteiger partial charge in [-0.25, -0.2) is 4.79 Å². The van der Waals surface area contributed by atoms with Crippen LogP contribution in [0.1, 0.15) is 12.0 Å². The second-order valence-corrected chi connectivity index (χ2v) is 7.81. The number of imide groups is 1. The molecule has 166 valence electrons. The first-order valence-corrected chi connectivity index (χ1v) is 10.5. The largest absolute Gasteiger partial charge is 0.493 e. The van der Waals surface area contributed by atoms with Gasteiger partial charge in [-0.3, -0.25) is 14.5 Å². The van der Waals surface area contributed by atoms with Gasteiger partial charge >= 0.3 is 6.03 Å². The fourth-order valence-electron chi connectivity index (χ4n) is 4.09. The number of hydrogen-bond acceptors (Lipinski definition) is 5. The Kier molecular flexibility index (Phi) is 5.18. The highest BCUT2D eigenvalue weighted by molar-refractivity contribution is 6.10. The van der Waals surface area contributed by atoms with Crippen LogP contribution in [0.25, 0.3) is 0 Å². The summed E-state index contributed by atoms with van der Waals surface area (Å²) in [7, 11) is 0. The van der Waals surface area contributed by atoms with E-state index in [4.69, 9.17) is 9.47 Å². The average molecular weight is 443 g/mol. The molecule has 3 aromatic carbocycles. The molecule has 2 heterocycles. The summed E-state index contributed by atoms with van der Waals surface area (Å²) in [4.78, 5) is 39.4. The van der Waals surface area contributed by atoms with Crippen LogP contribution < -0.4 is 20.1 Å². The number of urea groups is 1. The molecule has 1 spiro atoms. The lowest BCUT2D eigenvalue weighted by molar-refractivity contribution is -0.135. The number of carbonyl (C=O) groups excluding carboxylic acids is 3. The number of amides is 4. The highest BCUT2D eigenvalue weighted by Crippen LogP contribution is 2.40. The predicted molar refractivity (Wildman–Crippen MR) is 120 cm³/mol. The molecule has 4 amide bonds. The zero-order chi connectivity index (χ0) is 22.8. The quantitative estimate of drug-likeness (QED) is 0.587. The van der Waals surface area contributed by atoms with Gasteiger partial charge in [-0.1, -0.05) is 36.4 Å². The Bertz CT molecular complexity index is 1210. The number of para-hydroxylation sites is 2. The number of benzene rings is 3. The number of ether oxygens (including phenoxy) is 2. The summed E-state index contributed by atoms with van der Waals surface area (Å²) >= 11 is 0. The summed E-state index contributed by atoms with van der Waals surface area (Å²) in [6, 6.07) is 22.7. The van der Waals surface area contributed by atoms with E-state index in [1.54, 1.807) is 48.5 Å². The molecule has 1 atom stereocenters. The van der Waals surface area contributed by atoms with E-state index in [0.717, 1.165) is 4.90 Å². The smallest absolute Gasteiger partial charge is 0.325 e. The molecule has 33 heavy (non-hydrogen) atoms. The zero-order valence-corrected chi connectivity index (χ0v) is 17.6. The van der Waals surface area contributed by atoms with Crippen molar-refractivity contribution in [2.24, 2.45) is 0 Å². The minimum atomic E-state index is -1.21. The van der Waals surface area contributed by atoms with E-state index in [-0.39, 0.29) is 0 Å². The SMILES string of the molecule is O=C(CN1C(=O)NC2(CCOc3ccccc32)C1=O)Nc1ccc(Oc2ccccc2)cc1. The third kappa shape index (κ3) is 3.87. The van der Waals surface area contributed by atoms with E-state index in [9.17, 15) is 14.4 Å². The number of nitrogens with zero attached hydrogens (tertiary/aromatic N) is 1. The molecule has 1 unspecified atom stereocenters. The molecule has 8 nitrogen and oxygen atoms in total. The molecule has 8 heteroatoms. The number of hydrogen-bond donors (Lipinski definition) is 2. The Morgan fingerprint density at radius 1 is 0.970 bits per heavy atom. The van der Waals surface area contributed by atoms with Crippen LogP contribution in [0.3, 0.4) is 0 Å². The molecule has 5 rings (SSSR count). The summed E-state index contributed by atoms with van der Waals surface area (Å²) in [5, 5.41) is 5.50. The molecule has 1 fully saturated rings. The van der Waals surface area contributed by atoms with Crippen LogP contribution in [-0.4, -0.2) is 35.9 Å². The normalized spacial score (nSPS) is 19.0. The fraction of sp³-hybridized carbons (Fsp3) is 0.160. The number of fused-ring (bicyclic) bond motifs is 2. The van der Waals surface area contributed by atoms with Gasteiger partial charge in [0.2, 0.25) is 5.91 Å². The van der Waals surface area contributed by atoms with Crippen molar-refractivity contribution in [3.63, 3.8) is 0 Å². The Morgan fingerprint density at radius 3 is 2.45 bits per heavy atom. The zero-order valence-electron chi connectivity index (χ0n) is 17.6.